The number of anilines is 1. The Morgan fingerprint density at radius 1 is 1.41 bits per heavy atom. The second-order valence-electron chi connectivity index (χ2n) is 8.84. The topological polar surface area (TPSA) is 54.9 Å². The molecule has 2 aliphatic heterocycles. The number of methoxy groups -OCH3 is 1. The maximum atomic E-state index is 13.2. The molecule has 0 N–H and O–H groups in total. The lowest BCUT2D eigenvalue weighted by Gasteiger charge is -2.56. The van der Waals surface area contributed by atoms with Crippen LogP contribution in [0.15, 0.2) is 18.3 Å². The van der Waals surface area contributed by atoms with E-state index in [1.165, 1.54) is 5.56 Å². The Hall–Kier alpha value is -1.82. The highest BCUT2D eigenvalue weighted by Gasteiger charge is 2.56. The van der Waals surface area contributed by atoms with Crippen LogP contribution in [0.2, 0.25) is 0 Å². The molecule has 3 atom stereocenters. The lowest BCUT2D eigenvalue weighted by atomic mass is 9.79. The third-order valence-corrected chi connectivity index (χ3v) is 5.63. The molecule has 6 heteroatoms. The van der Waals surface area contributed by atoms with Gasteiger partial charge in [0.05, 0.1) is 18.2 Å². The monoisotopic (exact) mass is 375 g/mol. The van der Waals surface area contributed by atoms with Gasteiger partial charge in [0, 0.05) is 25.9 Å². The molecule has 0 aromatic carbocycles. The standard InChI is InChI=1S/C21H33N3O3/c1-7-10-21(14-26-6)17-12-16-9-8-11-22-18(16)24(17)15(2)13-23(21)19(25)27-20(3,4)5/h8-9,11,15,17H,7,10,12-14H2,1-6H3. The molecule has 1 aromatic heterocycles. The van der Waals surface area contributed by atoms with Gasteiger partial charge in [0.25, 0.3) is 0 Å². The summed E-state index contributed by atoms with van der Waals surface area (Å²) in [5, 5.41) is 0. The van der Waals surface area contributed by atoms with Crippen molar-refractivity contribution >= 4 is 11.9 Å². The van der Waals surface area contributed by atoms with Crippen molar-refractivity contribution in [1.29, 1.82) is 0 Å². The smallest absolute Gasteiger partial charge is 0.410 e. The number of hydrogen-bond donors (Lipinski definition) is 0. The Morgan fingerprint density at radius 3 is 2.78 bits per heavy atom. The number of aromatic nitrogens is 1. The van der Waals surface area contributed by atoms with Crippen molar-refractivity contribution in [3.8, 4) is 0 Å². The molecule has 1 aromatic rings. The number of nitrogens with zero attached hydrogens (tertiary/aromatic N) is 3. The summed E-state index contributed by atoms with van der Waals surface area (Å²) in [5.41, 5.74) is 0.291. The molecule has 6 nitrogen and oxygen atoms in total. The third-order valence-electron chi connectivity index (χ3n) is 5.63. The molecule has 0 spiro atoms. The maximum Gasteiger partial charge on any atom is 0.410 e. The van der Waals surface area contributed by atoms with Crippen LogP contribution in [0.5, 0.6) is 0 Å². The fraction of sp³-hybridized carbons (Fsp3) is 0.714. The Bertz CT molecular complexity index is 679. The minimum atomic E-state index is -0.525. The fourth-order valence-corrected chi connectivity index (χ4v) is 4.76. The van der Waals surface area contributed by atoms with E-state index in [0.717, 1.165) is 25.1 Å². The van der Waals surface area contributed by atoms with Crippen molar-refractivity contribution in [3.05, 3.63) is 23.9 Å². The molecule has 3 rings (SSSR count). The molecule has 0 aliphatic carbocycles. The molecular weight excluding hydrogens is 342 g/mol. The van der Waals surface area contributed by atoms with E-state index >= 15 is 0 Å². The molecule has 0 radical (unpaired) electrons. The van der Waals surface area contributed by atoms with Crippen LogP contribution < -0.4 is 4.90 Å². The van der Waals surface area contributed by atoms with E-state index in [-0.39, 0.29) is 18.2 Å². The summed E-state index contributed by atoms with van der Waals surface area (Å²) in [6.45, 7) is 11.2. The summed E-state index contributed by atoms with van der Waals surface area (Å²) in [4.78, 5) is 22.2. The predicted molar refractivity (Wildman–Crippen MR) is 106 cm³/mol. The number of rotatable bonds is 4. The molecule has 1 saturated heterocycles. The summed E-state index contributed by atoms with van der Waals surface area (Å²) in [7, 11) is 1.72. The SMILES string of the molecule is CCCC1(COC)C2Cc3cccnc3N2C(C)CN1C(=O)OC(C)(C)C. The van der Waals surface area contributed by atoms with Gasteiger partial charge >= 0.3 is 6.09 Å². The molecule has 150 valence electrons. The number of hydrogen-bond acceptors (Lipinski definition) is 5. The zero-order chi connectivity index (χ0) is 19.8. The van der Waals surface area contributed by atoms with Gasteiger partial charge in [-0.1, -0.05) is 19.4 Å². The lowest BCUT2D eigenvalue weighted by Crippen LogP contribution is -2.73. The van der Waals surface area contributed by atoms with Gasteiger partial charge < -0.3 is 14.4 Å². The van der Waals surface area contributed by atoms with Crippen LogP contribution in [-0.4, -0.2) is 59.5 Å². The van der Waals surface area contributed by atoms with Crippen LogP contribution >= 0.6 is 0 Å². The van der Waals surface area contributed by atoms with Gasteiger partial charge in [0.2, 0.25) is 0 Å². The van der Waals surface area contributed by atoms with Crippen LogP contribution in [0.4, 0.5) is 10.6 Å². The zero-order valence-electron chi connectivity index (χ0n) is 17.5. The van der Waals surface area contributed by atoms with Gasteiger partial charge in [-0.05, 0) is 52.2 Å². The van der Waals surface area contributed by atoms with Gasteiger partial charge in [-0.2, -0.15) is 0 Å². The van der Waals surface area contributed by atoms with Crippen molar-refractivity contribution in [2.45, 2.75) is 77.1 Å². The normalized spacial score (nSPS) is 27.3. The van der Waals surface area contributed by atoms with E-state index in [0.29, 0.717) is 13.2 Å². The maximum absolute atomic E-state index is 13.2. The molecule has 3 heterocycles. The molecule has 0 saturated carbocycles. The number of piperazine rings is 1. The number of amides is 1. The number of carbonyl (C=O) groups is 1. The van der Waals surface area contributed by atoms with Crippen LogP contribution in [0.25, 0.3) is 0 Å². The molecule has 0 bridgehead atoms. The van der Waals surface area contributed by atoms with E-state index in [2.05, 4.69) is 29.8 Å². The largest absolute Gasteiger partial charge is 0.444 e. The van der Waals surface area contributed by atoms with Gasteiger partial charge in [-0.15, -0.1) is 0 Å². The number of pyridine rings is 1. The zero-order valence-corrected chi connectivity index (χ0v) is 17.5. The van der Waals surface area contributed by atoms with Crippen molar-refractivity contribution in [2.24, 2.45) is 0 Å². The summed E-state index contributed by atoms with van der Waals surface area (Å²) in [6.07, 6.45) is 4.30. The van der Waals surface area contributed by atoms with Crippen LogP contribution in [0, 0.1) is 0 Å². The van der Waals surface area contributed by atoms with Gasteiger partial charge in [0.1, 0.15) is 11.4 Å². The molecule has 1 fully saturated rings. The third kappa shape index (κ3) is 3.51. The Kier molecular flexibility index (Phi) is 5.39. The van der Waals surface area contributed by atoms with Gasteiger partial charge in [-0.25, -0.2) is 9.78 Å². The predicted octanol–water partition coefficient (Wildman–Crippen LogP) is 3.64. The lowest BCUT2D eigenvalue weighted by molar-refractivity contribution is -0.0539. The molecule has 3 unspecified atom stereocenters. The molecule has 1 amide bonds. The van der Waals surface area contributed by atoms with E-state index in [1.54, 1.807) is 7.11 Å². The Labute approximate surface area is 162 Å². The van der Waals surface area contributed by atoms with Crippen molar-refractivity contribution < 1.29 is 14.3 Å². The molecule has 2 aliphatic rings. The highest BCUT2D eigenvalue weighted by molar-refractivity contribution is 5.71. The summed E-state index contributed by atoms with van der Waals surface area (Å²) < 4.78 is 11.5. The minimum Gasteiger partial charge on any atom is -0.444 e. The second-order valence-corrected chi connectivity index (χ2v) is 8.84. The second kappa shape index (κ2) is 7.30. The van der Waals surface area contributed by atoms with Crippen LogP contribution in [0.1, 0.15) is 53.0 Å². The van der Waals surface area contributed by atoms with Crippen LogP contribution in [0.3, 0.4) is 0 Å². The molecular formula is C21H33N3O3. The Balaban J connectivity index is 2.04. The first-order valence-corrected chi connectivity index (χ1v) is 9.95. The van der Waals surface area contributed by atoms with Crippen molar-refractivity contribution in [1.82, 2.24) is 9.88 Å². The van der Waals surface area contributed by atoms with Crippen molar-refractivity contribution in [2.75, 3.05) is 25.2 Å². The van der Waals surface area contributed by atoms with E-state index in [4.69, 9.17) is 9.47 Å². The number of ether oxygens (including phenoxy) is 2. The average molecular weight is 376 g/mol. The van der Waals surface area contributed by atoms with E-state index < -0.39 is 11.1 Å². The average Bonchev–Trinajstić information content (AvgIpc) is 2.97. The molecule has 27 heavy (non-hydrogen) atoms. The summed E-state index contributed by atoms with van der Waals surface area (Å²) in [5.74, 6) is 1.05. The first-order valence-electron chi connectivity index (χ1n) is 9.95. The Morgan fingerprint density at radius 2 is 2.15 bits per heavy atom. The van der Waals surface area contributed by atoms with E-state index in [9.17, 15) is 4.79 Å². The van der Waals surface area contributed by atoms with Gasteiger partial charge in [0.15, 0.2) is 0 Å². The van der Waals surface area contributed by atoms with Crippen molar-refractivity contribution in [3.63, 3.8) is 0 Å². The highest BCUT2D eigenvalue weighted by Crippen LogP contribution is 2.45. The highest BCUT2D eigenvalue weighted by atomic mass is 16.6. The number of fused-ring (bicyclic) bond motifs is 3. The summed E-state index contributed by atoms with van der Waals surface area (Å²) >= 11 is 0. The number of carbonyl (C=O) groups excluding carboxylic acids is 1. The minimum absolute atomic E-state index is 0.138. The van der Waals surface area contributed by atoms with E-state index in [1.807, 2.05) is 37.9 Å². The first kappa shape index (κ1) is 19.9. The first-order chi connectivity index (χ1) is 12.7. The summed E-state index contributed by atoms with van der Waals surface area (Å²) in [6, 6.07) is 4.44. The van der Waals surface area contributed by atoms with Gasteiger partial charge in [-0.3, -0.25) is 4.90 Å². The van der Waals surface area contributed by atoms with Crippen LogP contribution in [-0.2, 0) is 15.9 Å². The fourth-order valence-electron chi connectivity index (χ4n) is 4.76. The quantitative estimate of drug-likeness (QED) is 0.804.